The zero-order valence-electron chi connectivity index (χ0n) is 91.8. The first-order valence-electron chi connectivity index (χ1n) is 52.1. The minimum Gasteiger partial charge on any atom is -0.491 e. The number of nitrogens with zero attached hydrogens (tertiary/aromatic N) is 2. The highest BCUT2D eigenvalue weighted by Crippen LogP contribution is 2.51. The highest BCUT2D eigenvalue weighted by Gasteiger charge is 2.52. The van der Waals surface area contributed by atoms with Gasteiger partial charge in [-0.25, -0.2) is 0 Å². The molecule has 2 aromatic heterocycles. The molecule has 0 radical (unpaired) electrons. The van der Waals surface area contributed by atoms with Crippen LogP contribution in [0.25, 0.3) is 21.5 Å². The molecule has 0 saturated heterocycles. The number of pyridine rings is 2. The number of carboxylic acids is 1. The lowest BCUT2D eigenvalue weighted by Crippen LogP contribution is -2.45. The number of esters is 1. The molecule has 24 heteroatoms. The number of Topliss-reactive ketones (excluding diaryl/α,β-unsaturated/α-hetero) is 2. The first-order valence-corrected chi connectivity index (χ1v) is 66.6. The first-order chi connectivity index (χ1) is 66.6. The second-order valence-corrected chi connectivity index (χ2v) is 71.2. The Labute approximate surface area is 876 Å². The van der Waals surface area contributed by atoms with Crippen molar-refractivity contribution in [3.05, 3.63) is 263 Å². The normalized spacial score (nSPS) is 18.8. The van der Waals surface area contributed by atoms with E-state index in [0.29, 0.717) is 51.0 Å². The number of ether oxygens (including phenoxy) is 3. The van der Waals surface area contributed by atoms with Crippen molar-refractivity contribution in [2.45, 2.75) is 389 Å². The number of hydrogen-bond acceptors (Lipinski definition) is 15. The molecule has 2 saturated carbocycles. The second kappa shape index (κ2) is 54.9. The number of aliphatic hydroxyl groups is 1. The van der Waals surface area contributed by atoms with E-state index >= 15 is 0 Å². The van der Waals surface area contributed by atoms with E-state index in [1.807, 2.05) is 116 Å². The summed E-state index contributed by atoms with van der Waals surface area (Å²) in [4.78, 5) is 58.5. The Balaban J connectivity index is 0.000000377. The molecule has 0 bridgehead atoms. The van der Waals surface area contributed by atoms with Crippen LogP contribution in [0.2, 0.25) is 90.7 Å². The smallest absolute Gasteiger partial charge is 0.416 e. The van der Waals surface area contributed by atoms with E-state index in [4.69, 9.17) is 46.6 Å². The van der Waals surface area contributed by atoms with Crippen molar-refractivity contribution in [3.8, 4) is 11.5 Å². The highest BCUT2D eigenvalue weighted by atomic mass is 28.4. The largest absolute Gasteiger partial charge is 0.491 e. The number of aliphatic carboxylic acids is 1. The predicted octanol–water partition coefficient (Wildman–Crippen LogP) is 32.7. The number of aryl methyl sites for hydroxylation is 1. The van der Waals surface area contributed by atoms with Crippen LogP contribution < -0.4 is 9.47 Å². The van der Waals surface area contributed by atoms with Gasteiger partial charge in [0.15, 0.2) is 41.6 Å². The summed E-state index contributed by atoms with van der Waals surface area (Å²) in [6.45, 7) is 66.2. The van der Waals surface area contributed by atoms with Gasteiger partial charge >= 0.3 is 18.1 Å². The van der Waals surface area contributed by atoms with Crippen molar-refractivity contribution in [3.63, 3.8) is 0 Å². The van der Waals surface area contributed by atoms with Gasteiger partial charge in [-0.3, -0.25) is 29.1 Å². The molecule has 8 aromatic rings. The SMILES string of the molecule is C.C.CCC(C(=O)Cc1ccc2cnccc2c1)c1ccc(CO)cc1.CCC(C(=O)Cc1ccc2cnccc2c1)c1ccc(COC(=O)CCC/C=C\C[C@@H]2[C@@H](/C=C/[C@H](COc3cccc(C)c3)O[Si](C)(C)C(C)(C)C)[C@H](O[Si](C)(C)C(C)(C)C)C[C@@H]2O[Si](C)(C)C(C)(C)C)cc1.C[C@@H]1C[C@H](O[Si](C)(C)C(C)(C)C)[C@H](C/C=C\CCCC(=O)O)[C@H]1/C=C/[C@H](COc1cccc(C(F)(F)F)c1)O[Si](C)(C)C(C)(C)C. The third kappa shape index (κ3) is 37.9. The lowest BCUT2D eigenvalue weighted by molar-refractivity contribution is -0.145. The number of carbonyl (C=O) groups is 4. The molecule has 10 rings (SSSR count). The van der Waals surface area contributed by atoms with E-state index in [9.17, 15) is 32.3 Å². The molecule has 0 aliphatic heterocycles. The Morgan fingerprint density at radius 2 is 0.862 bits per heavy atom. The van der Waals surface area contributed by atoms with Crippen molar-refractivity contribution < 1.29 is 78.9 Å². The second-order valence-electron chi connectivity index (χ2n) is 47.5. The predicted molar refractivity (Wildman–Crippen MR) is 606 cm³/mol. The fraction of sp³-hybridized carbons (Fsp3) is 0.554. The number of fused-ring (bicyclic) bond motifs is 2. The average molecular weight is 2090 g/mol. The van der Waals surface area contributed by atoms with Gasteiger partial charge in [-0.15, -0.1) is 0 Å². The van der Waals surface area contributed by atoms with E-state index in [-0.39, 0.29) is 149 Å². The molecule has 2 aliphatic carbocycles. The van der Waals surface area contributed by atoms with E-state index in [1.54, 1.807) is 18.5 Å². The Morgan fingerprint density at radius 1 is 0.462 bits per heavy atom. The van der Waals surface area contributed by atoms with Crippen LogP contribution in [0.5, 0.6) is 11.5 Å². The van der Waals surface area contributed by atoms with Gasteiger partial charge in [0.05, 0.1) is 36.6 Å². The molecule has 6 aromatic carbocycles. The number of unbranched alkanes of at least 4 members (excludes halogenated alkanes) is 2. The summed E-state index contributed by atoms with van der Waals surface area (Å²) in [6, 6.07) is 45.0. The summed E-state index contributed by atoms with van der Waals surface area (Å²) in [5.41, 5.74) is 6.23. The number of halogens is 3. The van der Waals surface area contributed by atoms with Crippen molar-refractivity contribution in [1.29, 1.82) is 0 Å². The molecule has 2 fully saturated rings. The van der Waals surface area contributed by atoms with Gasteiger partial charge < -0.3 is 46.6 Å². The Bertz CT molecular complexity index is 5500. The van der Waals surface area contributed by atoms with E-state index in [1.165, 1.54) is 6.07 Å². The zero-order chi connectivity index (χ0) is 106. The summed E-state index contributed by atoms with van der Waals surface area (Å²) in [7, 11) is -10.8. The fourth-order valence-electron chi connectivity index (χ4n) is 17.3. The number of aliphatic hydroxyl groups excluding tert-OH is 1. The van der Waals surface area contributed by atoms with Crippen molar-refractivity contribution in [2.24, 2.45) is 29.6 Å². The molecule has 800 valence electrons. The van der Waals surface area contributed by atoms with Crippen molar-refractivity contribution >= 4 is 86.6 Å². The maximum absolute atomic E-state index is 13.5. The summed E-state index contributed by atoms with van der Waals surface area (Å²) in [5, 5.41) is 22.6. The van der Waals surface area contributed by atoms with Crippen LogP contribution >= 0.6 is 0 Å². The molecule has 2 N–H and O–H groups in total. The molecule has 145 heavy (non-hydrogen) atoms. The van der Waals surface area contributed by atoms with Gasteiger partial charge in [0.1, 0.15) is 42.9 Å². The number of alkyl halides is 3. The minimum atomic E-state index is -4.45. The topological polar surface area (TPSA) is 208 Å². The number of benzene rings is 6. The summed E-state index contributed by atoms with van der Waals surface area (Å²) < 4.78 is 94.0. The fourth-order valence-corrected chi connectivity index (χ4v) is 23.9. The lowest BCUT2D eigenvalue weighted by atomic mass is 9.87. The number of carboxylic acid groups (broad SMARTS) is 1. The molecule has 0 spiro atoms. The average Bonchev–Trinajstić information content (AvgIpc) is 1.63. The van der Waals surface area contributed by atoms with Crippen molar-refractivity contribution in [1.82, 2.24) is 9.97 Å². The Morgan fingerprint density at radius 3 is 1.28 bits per heavy atom. The molecule has 0 amide bonds. The van der Waals surface area contributed by atoms with Crippen LogP contribution in [0.1, 0.15) is 273 Å². The maximum Gasteiger partial charge on any atom is 0.416 e. The van der Waals surface area contributed by atoms with Crippen LogP contribution in [0.15, 0.2) is 219 Å². The summed E-state index contributed by atoms with van der Waals surface area (Å²) in [6.07, 6.45) is 29.1. The number of aromatic nitrogens is 2. The summed E-state index contributed by atoms with van der Waals surface area (Å²) in [5.74, 6) is 1.22. The Kier molecular flexibility index (Phi) is 47.4. The molecular formula is C121H181F3N2O14Si5. The quantitative estimate of drug-likeness (QED) is 0.0157. The van der Waals surface area contributed by atoms with Crippen LogP contribution in [0, 0.1) is 36.5 Å². The van der Waals surface area contributed by atoms with Crippen LogP contribution in [0.3, 0.4) is 0 Å². The lowest BCUT2D eigenvalue weighted by Gasteiger charge is -2.40. The van der Waals surface area contributed by atoms with Gasteiger partial charge in [0.25, 0.3) is 0 Å². The Hall–Kier alpha value is -8.39. The highest BCUT2D eigenvalue weighted by molar-refractivity contribution is 6.76. The standard InChI is InChI=1S/C62H93NO7Si3.C36H59F3O5Si2.C21H21NO2.2CH4/c1-18-53(56(64)40-47-30-33-50-42-63-37-36-49(50)39-47)48-31-28-46(29-32-48)43-67-59(65)27-22-20-19-21-26-54-55(58(70-73(16,17)62(9,10)11)41-57(54)69-72(14,15)61(6,7)8)35-34-52(68-71(12,13)60(3,4)5)44-66-51-25-23-24-45(2)38-51;1-26-23-32(44-46(10,11)35(5,6)7)31(19-14-12-13-15-20-33(40)41)30(26)22-21-29(43-45(8,9)34(2,3)4)25-42-28-18-16-17-27(24-28)36(37,38)39;1-2-20(17-6-3-15(14-23)4-7-17)21(24)12-16-5-8-19-13-22-10-9-18(19)11-16;;/h19,21,23-25,28-39,42,52-55,57-58H,18,20,22,26-27,40-41,43-44H2,1-17H3;12,14,16-18,21-22,24,26,29-32H,13,15,19-20,23,25H2,1-11H3,(H,40,41);3-11,13,20,23H,2,12,14H2,1H3;2*1H4/b21-19-,35-34+;14-12-,22-21+;;;/t52-,53?,54-,55-,57+,58-;26-,29-,30+,31-,32+;;;/m11.../s1. The number of ketones is 2. The third-order valence-electron chi connectivity index (χ3n) is 31.2. The van der Waals surface area contributed by atoms with Crippen molar-refractivity contribution in [2.75, 3.05) is 13.2 Å². The van der Waals surface area contributed by atoms with Gasteiger partial charge in [-0.05, 0) is 278 Å². The minimum absolute atomic E-state index is 0. The van der Waals surface area contributed by atoms with E-state index in [0.717, 1.165) is 123 Å². The third-order valence-corrected chi connectivity index (χ3v) is 53.7. The van der Waals surface area contributed by atoms with Gasteiger partial charge in [-0.1, -0.05) is 291 Å². The number of rotatable bonds is 45. The number of carbonyl (C=O) groups excluding carboxylic acids is 3. The monoisotopic (exact) mass is 2080 g/mol. The molecule has 2 aliphatic rings. The molecule has 2 heterocycles. The van der Waals surface area contributed by atoms with Crippen LogP contribution in [-0.4, -0.2) is 129 Å². The molecule has 2 unspecified atom stereocenters. The molecule has 12 atom stereocenters. The summed E-state index contributed by atoms with van der Waals surface area (Å²) >= 11 is 0. The molecular weight excluding hydrogens is 1900 g/mol. The first kappa shape index (κ1) is 125. The maximum atomic E-state index is 13.5. The van der Waals surface area contributed by atoms with Crippen LogP contribution in [0.4, 0.5) is 13.2 Å². The van der Waals surface area contributed by atoms with Gasteiger partial charge in [0.2, 0.25) is 0 Å². The van der Waals surface area contributed by atoms with Gasteiger partial charge in [0, 0.05) is 85.1 Å². The molecule has 16 nitrogen and oxygen atoms in total. The number of hydrogen-bond donors (Lipinski definition) is 2. The van der Waals surface area contributed by atoms with Gasteiger partial charge in [-0.2, -0.15) is 13.2 Å². The van der Waals surface area contributed by atoms with E-state index < -0.39 is 65.4 Å². The number of allylic oxidation sites excluding steroid dienone is 5. The zero-order valence-corrected chi connectivity index (χ0v) is 96.8. The van der Waals surface area contributed by atoms with Crippen LogP contribution in [-0.2, 0) is 78.3 Å². The van der Waals surface area contributed by atoms with E-state index in [2.05, 4.69) is 273 Å².